The molecule has 0 aromatic carbocycles. The summed E-state index contributed by atoms with van der Waals surface area (Å²) in [5.41, 5.74) is 0. The van der Waals surface area contributed by atoms with E-state index in [4.69, 9.17) is 0 Å². The van der Waals surface area contributed by atoms with Gasteiger partial charge in [-0.1, -0.05) is 26.2 Å². The minimum absolute atomic E-state index is 0. The second-order valence-electron chi connectivity index (χ2n) is 2.44. The van der Waals surface area contributed by atoms with E-state index < -0.39 is 0 Å². The zero-order valence-corrected chi connectivity index (χ0v) is 6.97. The van der Waals surface area contributed by atoms with Crippen molar-refractivity contribution in [3.05, 3.63) is 6.92 Å². The number of unbranched alkanes of at least 4 members (excludes halogenated alkanes) is 3. The van der Waals surface area contributed by atoms with Crippen molar-refractivity contribution in [2.75, 3.05) is 6.54 Å². The summed E-state index contributed by atoms with van der Waals surface area (Å²) in [5, 5.41) is 0. The molecule has 0 saturated heterocycles. The van der Waals surface area contributed by atoms with Crippen molar-refractivity contribution in [2.45, 2.75) is 39.0 Å². The van der Waals surface area contributed by atoms with Gasteiger partial charge in [0.2, 0.25) is 0 Å². The first-order valence-electron chi connectivity index (χ1n) is 4.19. The van der Waals surface area contributed by atoms with Gasteiger partial charge in [0, 0.05) is 6.54 Å². The van der Waals surface area contributed by atoms with Crippen LogP contribution in [0, 0.1) is 6.92 Å². The Labute approximate surface area is 82.9 Å². The zero-order valence-electron chi connectivity index (χ0n) is 6.97. The molecule has 0 rings (SSSR count). The molecule has 0 saturated carbocycles. The van der Waals surface area contributed by atoms with Gasteiger partial charge in [0.15, 0.2) is 0 Å². The molecular formula is C9H19LiN. The third-order valence-corrected chi connectivity index (χ3v) is 1.40. The predicted octanol–water partition coefficient (Wildman–Crippen LogP) is 2.21. The van der Waals surface area contributed by atoms with Crippen molar-refractivity contribution in [1.82, 2.24) is 0 Å². The van der Waals surface area contributed by atoms with Crippen LogP contribution in [0.25, 0.3) is 0 Å². The van der Waals surface area contributed by atoms with Gasteiger partial charge in [-0.15, -0.1) is 0 Å². The number of hydrogen-bond donors (Lipinski definition) is 0. The van der Waals surface area contributed by atoms with Crippen molar-refractivity contribution < 1.29 is 0 Å². The van der Waals surface area contributed by atoms with Gasteiger partial charge in [-0.05, 0) is 26.0 Å². The van der Waals surface area contributed by atoms with Crippen molar-refractivity contribution in [3.8, 4) is 0 Å². The molecule has 0 aliphatic carbocycles. The van der Waals surface area contributed by atoms with Crippen LogP contribution < -0.4 is 0 Å². The average molecular weight is 148 g/mol. The number of aliphatic imine (C=N–C) groups is 1. The first-order chi connectivity index (χ1) is 4.91. The summed E-state index contributed by atoms with van der Waals surface area (Å²) in [7, 11) is 0. The standard InChI is InChI=1S/C9H18N.Li.H/c1-3-5-6-7-9-10-8-4-2;;/h8H,2-7,9H2,1H3;;. The molecule has 0 fully saturated rings. The van der Waals surface area contributed by atoms with Gasteiger partial charge in [0.1, 0.15) is 0 Å². The number of hydrogen-bond acceptors (Lipinski definition) is 1. The van der Waals surface area contributed by atoms with Gasteiger partial charge < -0.3 is 0 Å². The van der Waals surface area contributed by atoms with Gasteiger partial charge in [-0.2, -0.15) is 0 Å². The van der Waals surface area contributed by atoms with E-state index in [2.05, 4.69) is 18.8 Å². The van der Waals surface area contributed by atoms with Crippen molar-refractivity contribution in [2.24, 2.45) is 4.99 Å². The summed E-state index contributed by atoms with van der Waals surface area (Å²) >= 11 is 0. The molecular weight excluding hydrogens is 129 g/mol. The molecule has 1 nitrogen and oxygen atoms in total. The molecule has 0 bridgehead atoms. The molecule has 0 amide bonds. The topological polar surface area (TPSA) is 12.4 Å². The van der Waals surface area contributed by atoms with Gasteiger partial charge in [0.05, 0.1) is 0 Å². The maximum atomic E-state index is 4.17. The summed E-state index contributed by atoms with van der Waals surface area (Å²) in [5.74, 6) is 0. The molecule has 0 spiro atoms. The Balaban J connectivity index is 0. The van der Waals surface area contributed by atoms with Crippen LogP contribution in [0.15, 0.2) is 4.99 Å². The van der Waals surface area contributed by atoms with Crippen molar-refractivity contribution in [1.29, 1.82) is 0 Å². The van der Waals surface area contributed by atoms with Crippen molar-refractivity contribution >= 4 is 25.1 Å². The van der Waals surface area contributed by atoms with E-state index >= 15 is 0 Å². The molecule has 0 atom stereocenters. The van der Waals surface area contributed by atoms with E-state index in [-0.39, 0.29) is 18.9 Å². The van der Waals surface area contributed by atoms with E-state index in [0.717, 1.165) is 13.0 Å². The summed E-state index contributed by atoms with van der Waals surface area (Å²) in [6.45, 7) is 6.89. The molecule has 0 N–H and O–H groups in total. The van der Waals surface area contributed by atoms with Crippen LogP contribution >= 0.6 is 0 Å². The van der Waals surface area contributed by atoms with Gasteiger partial charge in [-0.3, -0.25) is 4.99 Å². The molecule has 11 heavy (non-hydrogen) atoms. The summed E-state index contributed by atoms with van der Waals surface area (Å²) in [6, 6.07) is 0. The fourth-order valence-corrected chi connectivity index (χ4v) is 0.812. The molecule has 2 heteroatoms. The van der Waals surface area contributed by atoms with Gasteiger partial charge in [0.25, 0.3) is 0 Å². The van der Waals surface area contributed by atoms with Crippen molar-refractivity contribution in [3.63, 3.8) is 0 Å². The van der Waals surface area contributed by atoms with Crippen LogP contribution in [0.2, 0.25) is 0 Å². The Morgan fingerprint density at radius 1 is 1.27 bits per heavy atom. The molecule has 0 aliphatic heterocycles. The number of nitrogens with zero attached hydrogens (tertiary/aromatic N) is 1. The maximum absolute atomic E-state index is 4.17. The Hall–Kier alpha value is 0.267. The van der Waals surface area contributed by atoms with Gasteiger partial charge >= 0.3 is 18.9 Å². The van der Waals surface area contributed by atoms with E-state index in [1.807, 2.05) is 6.21 Å². The minimum atomic E-state index is 0. The zero-order chi connectivity index (χ0) is 7.66. The van der Waals surface area contributed by atoms with Crippen LogP contribution in [0.4, 0.5) is 0 Å². The van der Waals surface area contributed by atoms with Crippen LogP contribution in [0.5, 0.6) is 0 Å². The fraction of sp³-hybridized carbons (Fsp3) is 0.778. The third kappa shape index (κ3) is 13.3. The van der Waals surface area contributed by atoms with E-state index in [9.17, 15) is 0 Å². The van der Waals surface area contributed by atoms with E-state index in [1.165, 1.54) is 25.7 Å². The van der Waals surface area contributed by atoms with E-state index in [1.54, 1.807) is 0 Å². The van der Waals surface area contributed by atoms with Crippen LogP contribution in [-0.4, -0.2) is 31.6 Å². The molecule has 1 radical (unpaired) electrons. The Bertz CT molecular complexity index is 81.6. The quantitative estimate of drug-likeness (QED) is 0.311. The summed E-state index contributed by atoms with van der Waals surface area (Å²) < 4.78 is 0. The van der Waals surface area contributed by atoms with E-state index in [0.29, 0.717) is 0 Å². The van der Waals surface area contributed by atoms with Gasteiger partial charge in [-0.25, -0.2) is 0 Å². The van der Waals surface area contributed by atoms with Crippen LogP contribution in [0.3, 0.4) is 0 Å². The van der Waals surface area contributed by atoms with Crippen LogP contribution in [-0.2, 0) is 0 Å². The Morgan fingerprint density at radius 3 is 2.55 bits per heavy atom. The first kappa shape index (κ1) is 13.8. The van der Waals surface area contributed by atoms with Crippen LogP contribution in [0.1, 0.15) is 39.0 Å². The fourth-order valence-electron chi connectivity index (χ4n) is 0.812. The normalized spacial score (nSPS) is 10.0. The molecule has 0 heterocycles. The molecule has 0 aromatic rings. The monoisotopic (exact) mass is 148 g/mol. The predicted molar refractivity (Wildman–Crippen MR) is 54.6 cm³/mol. The Morgan fingerprint density at radius 2 is 2.00 bits per heavy atom. The molecule has 0 aliphatic rings. The first-order valence-corrected chi connectivity index (χ1v) is 4.19. The third-order valence-electron chi connectivity index (χ3n) is 1.40. The Kier molecular flexibility index (Phi) is 16.2. The summed E-state index contributed by atoms with van der Waals surface area (Å²) in [4.78, 5) is 4.17. The SMILES string of the molecule is [CH2]CC=NCCCCCC.[LiH]. The summed E-state index contributed by atoms with van der Waals surface area (Å²) in [6.07, 6.45) is 7.94. The second-order valence-corrected chi connectivity index (χ2v) is 2.44. The molecule has 61 valence electrons. The second kappa shape index (κ2) is 12.9. The number of rotatable bonds is 6. The molecule has 0 unspecified atom stereocenters. The average Bonchev–Trinajstić information content (AvgIpc) is 1.97. The molecule has 0 aromatic heterocycles.